The van der Waals surface area contributed by atoms with Crippen LogP contribution in [0.2, 0.25) is 6.04 Å². The number of hydrogen-bond donors (Lipinski definition) is 1. The smallest absolute Gasteiger partial charge is 0.342 e. The summed E-state index contributed by atoms with van der Waals surface area (Å²) in [6.45, 7) is 0. The van der Waals surface area contributed by atoms with Crippen LogP contribution in [0.5, 0.6) is 0 Å². The Labute approximate surface area is 62.6 Å². The molecule has 0 aromatic heterocycles. The molecule has 0 aromatic rings. The lowest BCUT2D eigenvalue weighted by Crippen LogP contribution is -3.02. The summed E-state index contributed by atoms with van der Waals surface area (Å²) in [5, 5.41) is 0. The Balaban J connectivity index is 0. The van der Waals surface area contributed by atoms with Gasteiger partial charge in [-0.3, -0.25) is 0 Å². The van der Waals surface area contributed by atoms with Crippen molar-refractivity contribution in [2.45, 2.75) is 12.2 Å². The maximum absolute atomic E-state index is 10.8. The summed E-state index contributed by atoms with van der Waals surface area (Å²) >= 11 is 0. The third kappa shape index (κ3) is 43.9. The number of rotatable bonds is 0. The second-order valence-corrected chi connectivity index (χ2v) is 3.18. The zero-order chi connectivity index (χ0) is 8.78. The first-order valence-corrected chi connectivity index (χ1v) is 4.54. The molecule has 1 N–H and O–H groups in total. The molecule has 0 aliphatic rings. The SMILES string of the molecule is C[NH+](C)C.FC(F)(F)C[SiH3]. The van der Waals surface area contributed by atoms with E-state index in [1.165, 1.54) is 4.90 Å². The molecule has 0 saturated carbocycles. The number of nitrogens with one attached hydrogen (secondary N) is 1. The van der Waals surface area contributed by atoms with E-state index < -0.39 is 12.2 Å². The van der Waals surface area contributed by atoms with Crippen LogP contribution in [-0.4, -0.2) is 37.6 Å². The summed E-state index contributed by atoms with van der Waals surface area (Å²) in [7, 11) is 6.47. The van der Waals surface area contributed by atoms with E-state index in [1.54, 1.807) is 0 Å². The van der Waals surface area contributed by atoms with Crippen LogP contribution in [-0.2, 0) is 0 Å². The second kappa shape index (κ2) is 5.73. The predicted molar refractivity (Wildman–Crippen MR) is 39.5 cm³/mol. The highest BCUT2D eigenvalue weighted by molar-refractivity contribution is 6.08. The van der Waals surface area contributed by atoms with Crippen molar-refractivity contribution in [2.24, 2.45) is 0 Å². The molecule has 0 heterocycles. The van der Waals surface area contributed by atoms with Crippen molar-refractivity contribution in [2.75, 3.05) is 21.1 Å². The Hall–Kier alpha value is -0.0331. The van der Waals surface area contributed by atoms with Crippen LogP contribution in [0.4, 0.5) is 13.2 Å². The van der Waals surface area contributed by atoms with Gasteiger partial charge in [-0.05, 0) is 0 Å². The lowest BCUT2D eigenvalue weighted by atomic mass is 10.8. The standard InChI is InChI=1S/C3H9N.C2H5F3Si/c1-4(2)3;3-2(4,5)1-6/h1-3H3;1H2,6H3/p+1. The van der Waals surface area contributed by atoms with Gasteiger partial charge < -0.3 is 4.90 Å². The van der Waals surface area contributed by atoms with Gasteiger partial charge in [0.15, 0.2) is 0 Å². The summed E-state index contributed by atoms with van der Waals surface area (Å²) in [5.74, 6) is 0. The van der Waals surface area contributed by atoms with E-state index in [1.807, 2.05) is 0 Å². The molecule has 64 valence electrons. The van der Waals surface area contributed by atoms with Crippen molar-refractivity contribution >= 4 is 10.2 Å². The van der Waals surface area contributed by atoms with Crippen molar-refractivity contribution < 1.29 is 18.1 Å². The summed E-state index contributed by atoms with van der Waals surface area (Å²) in [4.78, 5) is 1.42. The first kappa shape index (κ1) is 12.6. The Morgan fingerprint density at radius 2 is 1.30 bits per heavy atom. The Kier molecular flexibility index (Phi) is 7.23. The maximum atomic E-state index is 10.8. The number of quaternary nitrogens is 1. The van der Waals surface area contributed by atoms with Gasteiger partial charge in [0.25, 0.3) is 0 Å². The van der Waals surface area contributed by atoms with E-state index in [-0.39, 0.29) is 10.2 Å². The molecular formula is C5H15F3NSi+. The molecule has 10 heavy (non-hydrogen) atoms. The molecule has 0 amide bonds. The molecule has 5 heteroatoms. The normalized spacial score (nSPS) is 11.1. The van der Waals surface area contributed by atoms with Crippen LogP contribution in [0.15, 0.2) is 0 Å². The molecule has 0 saturated heterocycles. The van der Waals surface area contributed by atoms with Crippen LogP contribution in [0.3, 0.4) is 0 Å². The largest absolute Gasteiger partial charge is 0.386 e. The molecule has 0 bridgehead atoms. The molecular weight excluding hydrogens is 159 g/mol. The lowest BCUT2D eigenvalue weighted by Gasteiger charge is -1.96. The van der Waals surface area contributed by atoms with Crippen LogP contribution >= 0.6 is 0 Å². The lowest BCUT2D eigenvalue weighted by molar-refractivity contribution is -0.836. The van der Waals surface area contributed by atoms with Crippen molar-refractivity contribution in [3.8, 4) is 0 Å². The van der Waals surface area contributed by atoms with E-state index in [4.69, 9.17) is 0 Å². The fourth-order valence-electron chi connectivity index (χ4n) is 0. The Bertz CT molecular complexity index is 69.0. The first-order chi connectivity index (χ1) is 4.29. The summed E-state index contributed by atoms with van der Waals surface area (Å²) in [6, 6.07) is -0.590. The van der Waals surface area contributed by atoms with Crippen molar-refractivity contribution in [1.82, 2.24) is 0 Å². The van der Waals surface area contributed by atoms with E-state index >= 15 is 0 Å². The van der Waals surface area contributed by atoms with Gasteiger partial charge in [-0.15, -0.1) is 0 Å². The molecule has 0 radical (unpaired) electrons. The quantitative estimate of drug-likeness (QED) is 0.454. The van der Waals surface area contributed by atoms with Gasteiger partial charge in [-0.2, -0.15) is 13.2 Å². The van der Waals surface area contributed by atoms with Crippen LogP contribution < -0.4 is 4.90 Å². The first-order valence-electron chi connectivity index (χ1n) is 3.13. The molecule has 0 rings (SSSR count). The highest BCUT2D eigenvalue weighted by Crippen LogP contribution is 2.16. The zero-order valence-corrected chi connectivity index (χ0v) is 8.84. The molecule has 0 aromatic carbocycles. The zero-order valence-electron chi connectivity index (χ0n) is 6.84. The van der Waals surface area contributed by atoms with E-state index in [9.17, 15) is 13.2 Å². The van der Waals surface area contributed by atoms with Gasteiger partial charge in [0, 0.05) is 16.3 Å². The summed E-state index contributed by atoms with van der Waals surface area (Å²) in [6.07, 6.45) is -3.90. The average molecular weight is 174 g/mol. The molecule has 1 nitrogen and oxygen atoms in total. The number of halogens is 3. The van der Waals surface area contributed by atoms with E-state index in [0.29, 0.717) is 0 Å². The van der Waals surface area contributed by atoms with Gasteiger partial charge in [-0.1, -0.05) is 0 Å². The number of alkyl halides is 3. The third-order valence-electron chi connectivity index (χ3n) is 0.401. The fourth-order valence-corrected chi connectivity index (χ4v) is 0. The summed E-state index contributed by atoms with van der Waals surface area (Å²) < 4.78 is 32.5. The van der Waals surface area contributed by atoms with Crippen LogP contribution in [0.25, 0.3) is 0 Å². The van der Waals surface area contributed by atoms with Gasteiger partial charge >= 0.3 is 6.18 Å². The van der Waals surface area contributed by atoms with E-state index in [2.05, 4.69) is 21.1 Å². The Morgan fingerprint density at radius 1 is 1.20 bits per heavy atom. The number of hydrogen-bond acceptors (Lipinski definition) is 0. The molecule has 0 aliphatic heterocycles. The second-order valence-electron chi connectivity index (χ2n) is 2.47. The molecule has 0 unspecified atom stereocenters. The minimum atomic E-state index is -3.90. The average Bonchev–Trinajstić information content (AvgIpc) is 1.63. The molecule has 0 spiro atoms. The van der Waals surface area contributed by atoms with Gasteiger partial charge in [-0.25, -0.2) is 0 Å². The van der Waals surface area contributed by atoms with Gasteiger partial charge in [0.1, 0.15) is 0 Å². The molecule has 0 fully saturated rings. The third-order valence-corrected chi connectivity index (χ3v) is 1.20. The Morgan fingerprint density at radius 3 is 1.30 bits per heavy atom. The van der Waals surface area contributed by atoms with E-state index in [0.717, 1.165) is 0 Å². The predicted octanol–water partition coefficient (Wildman–Crippen LogP) is -0.907. The van der Waals surface area contributed by atoms with Gasteiger partial charge in [0.05, 0.1) is 21.1 Å². The highest BCUT2D eigenvalue weighted by Gasteiger charge is 2.22. The van der Waals surface area contributed by atoms with Gasteiger partial charge in [0.2, 0.25) is 0 Å². The minimum absolute atomic E-state index is 0.223. The van der Waals surface area contributed by atoms with Crippen molar-refractivity contribution in [1.29, 1.82) is 0 Å². The topological polar surface area (TPSA) is 4.44 Å². The maximum Gasteiger partial charge on any atom is 0.386 e. The minimum Gasteiger partial charge on any atom is -0.342 e. The van der Waals surface area contributed by atoms with Crippen LogP contribution in [0.1, 0.15) is 0 Å². The highest BCUT2D eigenvalue weighted by atomic mass is 28.1. The van der Waals surface area contributed by atoms with Crippen molar-refractivity contribution in [3.05, 3.63) is 0 Å². The van der Waals surface area contributed by atoms with Crippen LogP contribution in [0, 0.1) is 0 Å². The van der Waals surface area contributed by atoms with Crippen molar-refractivity contribution in [3.63, 3.8) is 0 Å². The summed E-state index contributed by atoms with van der Waals surface area (Å²) in [5.41, 5.74) is 0. The monoisotopic (exact) mass is 174 g/mol. The fraction of sp³-hybridized carbons (Fsp3) is 1.00. The molecule has 0 aliphatic carbocycles. The molecule has 0 atom stereocenters.